The summed E-state index contributed by atoms with van der Waals surface area (Å²) in [6.45, 7) is 5.30. The summed E-state index contributed by atoms with van der Waals surface area (Å²) in [5.41, 5.74) is 1.23. The van der Waals surface area contributed by atoms with Gasteiger partial charge in [0.15, 0.2) is 0 Å². The van der Waals surface area contributed by atoms with E-state index in [2.05, 4.69) is 32.1 Å². The third kappa shape index (κ3) is 3.63. The van der Waals surface area contributed by atoms with Crippen LogP contribution in [-0.4, -0.2) is 33.7 Å². The highest BCUT2D eigenvalue weighted by Crippen LogP contribution is 2.27. The Kier molecular flexibility index (Phi) is 4.61. The number of aromatic nitrogens is 2. The summed E-state index contributed by atoms with van der Waals surface area (Å²) in [4.78, 5) is 14.4. The molecule has 1 N–H and O–H groups in total. The fourth-order valence-electron chi connectivity index (χ4n) is 3.77. The van der Waals surface area contributed by atoms with Gasteiger partial charge in [-0.25, -0.2) is 0 Å². The average Bonchev–Trinajstić information content (AvgIpc) is 3.14. The van der Waals surface area contributed by atoms with Crippen molar-refractivity contribution in [1.82, 2.24) is 20.0 Å². The van der Waals surface area contributed by atoms with Crippen LogP contribution >= 0.6 is 0 Å². The van der Waals surface area contributed by atoms with Crippen LogP contribution < -0.4 is 5.32 Å². The van der Waals surface area contributed by atoms with E-state index in [-0.39, 0.29) is 17.9 Å². The standard InChI is InChI=1S/C19H26N4O2/c1-14-5-6-18(25-14)13-22-11-16(23-17(12-22)8-10-21-23)7-9-20-19(24)15-3-2-4-15/h5-6,8,10,15-16H,2-4,7,9,11-13H2,1H3,(H,20,24)/t16-/m1/s1. The van der Waals surface area contributed by atoms with E-state index in [4.69, 9.17) is 4.42 Å². The third-order valence-electron chi connectivity index (χ3n) is 5.38. The number of carbonyl (C=O) groups is 1. The van der Waals surface area contributed by atoms with Crippen LogP contribution in [0.25, 0.3) is 0 Å². The smallest absolute Gasteiger partial charge is 0.223 e. The first-order chi connectivity index (χ1) is 12.2. The molecule has 0 bridgehead atoms. The van der Waals surface area contributed by atoms with Crippen LogP contribution in [0, 0.1) is 12.8 Å². The van der Waals surface area contributed by atoms with Gasteiger partial charge in [-0.3, -0.25) is 14.4 Å². The van der Waals surface area contributed by atoms with Gasteiger partial charge in [-0.2, -0.15) is 5.10 Å². The number of rotatable bonds is 6. The van der Waals surface area contributed by atoms with Gasteiger partial charge in [-0.15, -0.1) is 0 Å². The molecule has 2 aromatic heterocycles. The number of carbonyl (C=O) groups excluding carboxylic acids is 1. The lowest BCUT2D eigenvalue weighted by Crippen LogP contribution is -2.40. The molecule has 0 aromatic carbocycles. The van der Waals surface area contributed by atoms with Crippen molar-refractivity contribution >= 4 is 5.91 Å². The molecule has 0 saturated heterocycles. The molecule has 1 aliphatic heterocycles. The van der Waals surface area contributed by atoms with Crippen LogP contribution in [-0.2, 0) is 17.9 Å². The van der Waals surface area contributed by atoms with Gasteiger partial charge in [-0.05, 0) is 44.4 Å². The maximum absolute atomic E-state index is 12.0. The molecule has 1 atom stereocenters. The molecule has 1 amide bonds. The third-order valence-corrected chi connectivity index (χ3v) is 5.38. The highest BCUT2D eigenvalue weighted by molar-refractivity contribution is 5.79. The molecular weight excluding hydrogens is 316 g/mol. The maximum atomic E-state index is 12.0. The Morgan fingerprint density at radius 2 is 2.24 bits per heavy atom. The predicted octanol–water partition coefficient (Wildman–Crippen LogP) is 2.65. The summed E-state index contributed by atoms with van der Waals surface area (Å²) in [7, 11) is 0. The van der Waals surface area contributed by atoms with Crippen molar-refractivity contribution in [2.24, 2.45) is 5.92 Å². The molecule has 1 saturated carbocycles. The van der Waals surface area contributed by atoms with E-state index in [1.807, 2.05) is 19.2 Å². The second kappa shape index (κ2) is 7.04. The van der Waals surface area contributed by atoms with E-state index >= 15 is 0 Å². The van der Waals surface area contributed by atoms with E-state index in [0.717, 1.165) is 50.4 Å². The van der Waals surface area contributed by atoms with E-state index in [1.165, 1.54) is 12.1 Å². The van der Waals surface area contributed by atoms with Crippen LogP contribution in [0.4, 0.5) is 0 Å². The van der Waals surface area contributed by atoms with Crippen LogP contribution in [0.2, 0.25) is 0 Å². The second-order valence-corrected chi connectivity index (χ2v) is 7.31. The number of nitrogens with zero attached hydrogens (tertiary/aromatic N) is 3. The van der Waals surface area contributed by atoms with Crippen LogP contribution in [0.1, 0.15) is 48.9 Å². The molecular formula is C19H26N4O2. The summed E-state index contributed by atoms with van der Waals surface area (Å²) in [5, 5.41) is 7.60. The molecule has 6 nitrogen and oxygen atoms in total. The lowest BCUT2D eigenvalue weighted by atomic mass is 9.85. The fraction of sp³-hybridized carbons (Fsp3) is 0.579. The molecule has 4 rings (SSSR count). The number of aryl methyl sites for hydroxylation is 1. The molecule has 0 unspecified atom stereocenters. The SMILES string of the molecule is Cc1ccc(CN2Cc3ccnn3[C@H](CCNC(=O)C3CCC3)C2)o1. The average molecular weight is 342 g/mol. The molecule has 0 radical (unpaired) electrons. The van der Waals surface area contributed by atoms with Crippen molar-refractivity contribution in [1.29, 1.82) is 0 Å². The molecule has 1 fully saturated rings. The van der Waals surface area contributed by atoms with Crippen LogP contribution in [0.5, 0.6) is 0 Å². The largest absolute Gasteiger partial charge is 0.465 e. The van der Waals surface area contributed by atoms with Gasteiger partial charge in [0.25, 0.3) is 0 Å². The molecule has 2 aliphatic rings. The lowest BCUT2D eigenvalue weighted by Gasteiger charge is -2.33. The lowest BCUT2D eigenvalue weighted by molar-refractivity contribution is -0.127. The van der Waals surface area contributed by atoms with E-state index in [9.17, 15) is 4.79 Å². The van der Waals surface area contributed by atoms with Crippen molar-refractivity contribution in [2.75, 3.05) is 13.1 Å². The summed E-state index contributed by atoms with van der Waals surface area (Å²) in [6, 6.07) is 6.43. The minimum absolute atomic E-state index is 0.227. The van der Waals surface area contributed by atoms with Gasteiger partial charge < -0.3 is 9.73 Å². The Morgan fingerprint density at radius 3 is 2.96 bits per heavy atom. The van der Waals surface area contributed by atoms with Crippen molar-refractivity contribution in [3.63, 3.8) is 0 Å². The van der Waals surface area contributed by atoms with Crippen molar-refractivity contribution in [3.8, 4) is 0 Å². The highest BCUT2D eigenvalue weighted by atomic mass is 16.3. The summed E-state index contributed by atoms with van der Waals surface area (Å²) >= 11 is 0. The van der Waals surface area contributed by atoms with Gasteiger partial charge in [-0.1, -0.05) is 6.42 Å². The van der Waals surface area contributed by atoms with E-state index < -0.39 is 0 Å². The van der Waals surface area contributed by atoms with E-state index in [0.29, 0.717) is 6.54 Å². The summed E-state index contributed by atoms with van der Waals surface area (Å²) in [6.07, 6.45) is 6.07. The normalized spacial score (nSPS) is 20.9. The molecule has 1 aliphatic carbocycles. The van der Waals surface area contributed by atoms with Crippen molar-refractivity contribution < 1.29 is 9.21 Å². The Hall–Kier alpha value is -2.08. The number of hydrogen-bond acceptors (Lipinski definition) is 4. The monoisotopic (exact) mass is 342 g/mol. The molecule has 134 valence electrons. The first-order valence-electron chi connectivity index (χ1n) is 9.27. The molecule has 25 heavy (non-hydrogen) atoms. The Balaban J connectivity index is 1.35. The molecule has 0 spiro atoms. The van der Waals surface area contributed by atoms with E-state index in [1.54, 1.807) is 0 Å². The predicted molar refractivity (Wildman–Crippen MR) is 93.8 cm³/mol. The number of nitrogens with one attached hydrogen (secondary N) is 1. The zero-order valence-electron chi connectivity index (χ0n) is 14.8. The van der Waals surface area contributed by atoms with Crippen LogP contribution in [0.15, 0.2) is 28.8 Å². The summed E-state index contributed by atoms with van der Waals surface area (Å²) < 4.78 is 7.85. The Labute approximate surface area is 148 Å². The highest BCUT2D eigenvalue weighted by Gasteiger charge is 2.27. The number of amides is 1. The van der Waals surface area contributed by atoms with Gasteiger partial charge in [0.1, 0.15) is 11.5 Å². The Morgan fingerprint density at radius 1 is 1.36 bits per heavy atom. The zero-order valence-corrected chi connectivity index (χ0v) is 14.8. The number of furan rings is 1. The Bertz CT molecular complexity index is 731. The molecule has 2 aromatic rings. The second-order valence-electron chi connectivity index (χ2n) is 7.31. The number of hydrogen-bond donors (Lipinski definition) is 1. The molecule has 3 heterocycles. The summed E-state index contributed by atoms with van der Waals surface area (Å²) in [5.74, 6) is 2.44. The van der Waals surface area contributed by atoms with Crippen molar-refractivity contribution in [3.05, 3.63) is 41.6 Å². The quantitative estimate of drug-likeness (QED) is 0.877. The van der Waals surface area contributed by atoms with Gasteiger partial charge in [0.2, 0.25) is 5.91 Å². The van der Waals surface area contributed by atoms with Gasteiger partial charge >= 0.3 is 0 Å². The minimum Gasteiger partial charge on any atom is -0.465 e. The minimum atomic E-state index is 0.227. The first kappa shape index (κ1) is 16.4. The van der Waals surface area contributed by atoms with Crippen LogP contribution in [0.3, 0.4) is 0 Å². The fourth-order valence-corrected chi connectivity index (χ4v) is 3.77. The topological polar surface area (TPSA) is 63.3 Å². The number of fused-ring (bicyclic) bond motifs is 1. The first-order valence-corrected chi connectivity index (χ1v) is 9.27. The van der Waals surface area contributed by atoms with Gasteiger partial charge in [0, 0.05) is 31.7 Å². The zero-order chi connectivity index (χ0) is 17.2. The van der Waals surface area contributed by atoms with Crippen molar-refractivity contribution in [2.45, 2.75) is 51.7 Å². The van der Waals surface area contributed by atoms with Gasteiger partial charge in [0.05, 0.1) is 18.3 Å². The molecule has 6 heteroatoms. The maximum Gasteiger partial charge on any atom is 0.223 e.